The highest BCUT2D eigenvalue weighted by molar-refractivity contribution is 6.78. The summed E-state index contributed by atoms with van der Waals surface area (Å²) in [5, 5.41) is 0. The van der Waals surface area contributed by atoms with Crippen LogP contribution in [0.4, 0.5) is 0 Å². The zero-order valence-electron chi connectivity index (χ0n) is 11.8. The van der Waals surface area contributed by atoms with Crippen LogP contribution in [0, 0.1) is 0 Å². The van der Waals surface area contributed by atoms with Gasteiger partial charge in [0.15, 0.2) is 0 Å². The predicted molar refractivity (Wildman–Crippen MR) is 85.5 cm³/mol. The Hall–Kier alpha value is -1.34. The van der Waals surface area contributed by atoms with Gasteiger partial charge in [0.2, 0.25) is 0 Å². The minimum absolute atomic E-state index is 0.727. The van der Waals surface area contributed by atoms with E-state index in [4.69, 9.17) is 0 Å². The molecule has 0 spiro atoms. The molecule has 2 unspecified atom stereocenters. The molecule has 0 N–H and O–H groups in total. The monoisotopic (exact) mass is 266 g/mol. The van der Waals surface area contributed by atoms with Crippen LogP contribution in [-0.4, -0.2) is 8.07 Å². The Balaban J connectivity index is 1.97. The topological polar surface area (TPSA) is 0 Å². The summed E-state index contributed by atoms with van der Waals surface area (Å²) in [5.41, 5.74) is 3.07. The zero-order valence-corrected chi connectivity index (χ0v) is 12.8. The van der Waals surface area contributed by atoms with Crippen LogP contribution in [0.1, 0.15) is 23.0 Å². The van der Waals surface area contributed by atoms with Crippen molar-refractivity contribution in [3.05, 3.63) is 71.8 Å². The second-order valence-electron chi connectivity index (χ2n) is 6.61. The minimum Gasteiger partial charge on any atom is -0.0693 e. The molecule has 0 radical (unpaired) electrons. The van der Waals surface area contributed by atoms with Crippen LogP contribution in [0.25, 0.3) is 0 Å². The van der Waals surface area contributed by atoms with Crippen molar-refractivity contribution < 1.29 is 0 Å². The molecule has 2 aromatic carbocycles. The molecule has 19 heavy (non-hydrogen) atoms. The molecule has 1 fully saturated rings. The number of hydrogen-bond acceptors (Lipinski definition) is 0. The minimum atomic E-state index is -1.03. The van der Waals surface area contributed by atoms with Crippen molar-refractivity contribution in [1.82, 2.24) is 0 Å². The molecule has 0 nitrogen and oxygen atoms in total. The Labute approximate surface area is 117 Å². The molecule has 98 valence electrons. The maximum atomic E-state index is 2.55. The summed E-state index contributed by atoms with van der Waals surface area (Å²) in [5.74, 6) is 1.45. The van der Waals surface area contributed by atoms with E-state index in [9.17, 15) is 0 Å². The van der Waals surface area contributed by atoms with E-state index in [-0.39, 0.29) is 0 Å². The predicted octanol–water partition coefficient (Wildman–Crippen LogP) is 5.28. The van der Waals surface area contributed by atoms with Gasteiger partial charge in [-0.05, 0) is 35.1 Å². The standard InChI is InChI=1S/C18H22Si/c1-19(2)13-17(15-9-5-3-6-10-15)18(14-19)16-11-7-4-8-12-16/h3-12,17-18H,13-14H2,1-2H3. The lowest BCUT2D eigenvalue weighted by molar-refractivity contribution is 0.657. The van der Waals surface area contributed by atoms with Crippen molar-refractivity contribution in [2.75, 3.05) is 0 Å². The Morgan fingerprint density at radius 1 is 0.684 bits per heavy atom. The molecule has 1 heterocycles. The van der Waals surface area contributed by atoms with Crippen LogP contribution >= 0.6 is 0 Å². The molecule has 1 aliphatic heterocycles. The highest BCUT2D eigenvalue weighted by atomic mass is 28.3. The maximum Gasteiger partial charge on any atom is 0.0486 e. The Kier molecular flexibility index (Phi) is 3.32. The molecule has 0 bridgehead atoms. The van der Waals surface area contributed by atoms with Gasteiger partial charge < -0.3 is 0 Å². The SMILES string of the molecule is C[Si]1(C)CC(c2ccccc2)C(c2ccccc2)C1. The van der Waals surface area contributed by atoms with E-state index in [2.05, 4.69) is 73.8 Å². The summed E-state index contributed by atoms with van der Waals surface area (Å²) in [6.45, 7) is 5.10. The first-order valence-corrected chi connectivity index (χ1v) is 10.7. The highest BCUT2D eigenvalue weighted by Gasteiger charge is 2.41. The van der Waals surface area contributed by atoms with Gasteiger partial charge in [-0.25, -0.2) is 0 Å². The highest BCUT2D eigenvalue weighted by Crippen LogP contribution is 2.50. The lowest BCUT2D eigenvalue weighted by Gasteiger charge is -2.20. The summed E-state index contributed by atoms with van der Waals surface area (Å²) in [6.07, 6.45) is 0. The fourth-order valence-corrected chi connectivity index (χ4v) is 7.25. The van der Waals surface area contributed by atoms with Crippen molar-refractivity contribution in [3.63, 3.8) is 0 Å². The average molecular weight is 266 g/mol. The smallest absolute Gasteiger partial charge is 0.0486 e. The van der Waals surface area contributed by atoms with Crippen LogP contribution < -0.4 is 0 Å². The van der Waals surface area contributed by atoms with E-state index in [1.54, 1.807) is 0 Å². The van der Waals surface area contributed by atoms with Gasteiger partial charge in [-0.1, -0.05) is 73.8 Å². The molecule has 1 aliphatic rings. The van der Waals surface area contributed by atoms with Crippen LogP contribution in [0.15, 0.2) is 60.7 Å². The molecule has 3 rings (SSSR count). The summed E-state index contributed by atoms with van der Waals surface area (Å²) in [7, 11) is -1.03. The van der Waals surface area contributed by atoms with E-state index < -0.39 is 8.07 Å². The van der Waals surface area contributed by atoms with Crippen molar-refractivity contribution >= 4 is 8.07 Å². The average Bonchev–Trinajstić information content (AvgIpc) is 2.77. The molecule has 2 aromatic rings. The van der Waals surface area contributed by atoms with Gasteiger partial charge in [-0.2, -0.15) is 0 Å². The normalized spacial score (nSPS) is 25.4. The third-order valence-corrected chi connectivity index (χ3v) is 7.58. The summed E-state index contributed by atoms with van der Waals surface area (Å²) >= 11 is 0. The van der Waals surface area contributed by atoms with E-state index in [0.29, 0.717) is 0 Å². The second-order valence-corrected chi connectivity index (χ2v) is 11.8. The number of hydrogen-bond donors (Lipinski definition) is 0. The summed E-state index contributed by atoms with van der Waals surface area (Å²) in [4.78, 5) is 0. The van der Waals surface area contributed by atoms with Crippen LogP contribution in [0.2, 0.25) is 25.2 Å². The third-order valence-electron chi connectivity index (χ3n) is 4.49. The van der Waals surface area contributed by atoms with E-state index >= 15 is 0 Å². The van der Waals surface area contributed by atoms with Crippen molar-refractivity contribution in [2.45, 2.75) is 37.0 Å². The van der Waals surface area contributed by atoms with Crippen molar-refractivity contribution in [1.29, 1.82) is 0 Å². The van der Waals surface area contributed by atoms with Gasteiger partial charge in [0, 0.05) is 8.07 Å². The Bertz CT molecular complexity index is 481. The molecular weight excluding hydrogens is 244 g/mol. The summed E-state index contributed by atoms with van der Waals surface area (Å²) in [6, 6.07) is 25.1. The van der Waals surface area contributed by atoms with Gasteiger partial charge in [0.05, 0.1) is 0 Å². The first-order chi connectivity index (χ1) is 9.16. The van der Waals surface area contributed by atoms with E-state index in [0.717, 1.165) is 11.8 Å². The Morgan fingerprint density at radius 2 is 1.05 bits per heavy atom. The molecular formula is C18H22Si. The molecule has 0 saturated carbocycles. The van der Waals surface area contributed by atoms with Crippen molar-refractivity contribution in [3.8, 4) is 0 Å². The lowest BCUT2D eigenvalue weighted by Crippen LogP contribution is -2.19. The van der Waals surface area contributed by atoms with Crippen molar-refractivity contribution in [2.24, 2.45) is 0 Å². The zero-order chi connectivity index (χ0) is 13.3. The van der Waals surface area contributed by atoms with Crippen LogP contribution in [-0.2, 0) is 0 Å². The maximum absolute atomic E-state index is 2.55. The molecule has 0 amide bonds. The first kappa shape index (κ1) is 12.7. The molecule has 2 atom stereocenters. The first-order valence-electron chi connectivity index (χ1n) is 7.26. The molecule has 1 heteroatoms. The fourth-order valence-electron chi connectivity index (χ4n) is 3.66. The van der Waals surface area contributed by atoms with Crippen LogP contribution in [0.5, 0.6) is 0 Å². The largest absolute Gasteiger partial charge is 0.0693 e. The lowest BCUT2D eigenvalue weighted by atomic mass is 9.84. The molecule has 0 aliphatic carbocycles. The molecule has 1 saturated heterocycles. The molecule has 0 aromatic heterocycles. The van der Waals surface area contributed by atoms with Gasteiger partial charge in [-0.3, -0.25) is 0 Å². The second kappa shape index (κ2) is 4.97. The Morgan fingerprint density at radius 3 is 1.42 bits per heavy atom. The third kappa shape index (κ3) is 2.66. The van der Waals surface area contributed by atoms with Gasteiger partial charge in [0.1, 0.15) is 0 Å². The van der Waals surface area contributed by atoms with Crippen LogP contribution in [0.3, 0.4) is 0 Å². The number of rotatable bonds is 2. The quantitative estimate of drug-likeness (QED) is 0.649. The van der Waals surface area contributed by atoms with Gasteiger partial charge in [-0.15, -0.1) is 0 Å². The van der Waals surface area contributed by atoms with Gasteiger partial charge >= 0.3 is 0 Å². The number of benzene rings is 2. The fraction of sp³-hybridized carbons (Fsp3) is 0.333. The van der Waals surface area contributed by atoms with E-state index in [1.165, 1.54) is 23.2 Å². The van der Waals surface area contributed by atoms with E-state index in [1.807, 2.05) is 0 Å². The van der Waals surface area contributed by atoms with Gasteiger partial charge in [0.25, 0.3) is 0 Å². The summed E-state index contributed by atoms with van der Waals surface area (Å²) < 4.78 is 0.